The molecule has 0 saturated carbocycles. The van der Waals surface area contributed by atoms with Crippen LogP contribution in [0.4, 0.5) is 11.5 Å². The number of fused-ring (bicyclic) bond motifs is 1. The molecule has 1 fully saturated rings. The normalized spacial score (nSPS) is 14.7. The van der Waals surface area contributed by atoms with Crippen LogP contribution in [0.5, 0.6) is 5.75 Å². The molecule has 1 aliphatic heterocycles. The van der Waals surface area contributed by atoms with Crippen LogP contribution >= 0.6 is 11.3 Å². The number of rotatable bonds is 5. The van der Waals surface area contributed by atoms with Crippen LogP contribution in [0.15, 0.2) is 53.4 Å². The van der Waals surface area contributed by atoms with Crippen molar-refractivity contribution in [2.24, 2.45) is 0 Å². The van der Waals surface area contributed by atoms with Gasteiger partial charge in [-0.1, -0.05) is 12.1 Å². The maximum atomic E-state index is 10.0. The lowest BCUT2D eigenvalue weighted by atomic mass is 10.2. The van der Waals surface area contributed by atoms with E-state index in [0.717, 1.165) is 27.4 Å². The van der Waals surface area contributed by atoms with Crippen molar-refractivity contribution in [3.8, 4) is 16.4 Å². The summed E-state index contributed by atoms with van der Waals surface area (Å²) in [5.41, 5.74) is 2.67. The molecule has 0 amide bonds. The third-order valence-electron chi connectivity index (χ3n) is 4.97. The van der Waals surface area contributed by atoms with Crippen molar-refractivity contribution >= 4 is 33.1 Å². The van der Waals surface area contributed by atoms with Crippen LogP contribution in [-0.2, 0) is 6.54 Å². The van der Waals surface area contributed by atoms with E-state index in [2.05, 4.69) is 26.3 Å². The Morgan fingerprint density at radius 2 is 2.00 bits per heavy atom. The highest BCUT2D eigenvalue weighted by molar-refractivity contribution is 7.22. The fourth-order valence-corrected chi connectivity index (χ4v) is 4.57. The minimum absolute atomic E-state index is 0.184. The van der Waals surface area contributed by atoms with E-state index in [1.165, 1.54) is 37.8 Å². The summed E-state index contributed by atoms with van der Waals surface area (Å²) in [4.78, 5) is 12.2. The molecular formula is C21H20N4O2S. The number of phenolic OH excluding ortho intramolecular Hbond substituents is 1. The lowest BCUT2D eigenvalue weighted by Gasteiger charge is -2.11. The molecule has 0 aliphatic carbocycles. The second-order valence-electron chi connectivity index (χ2n) is 6.99. The number of nitrogens with zero attached hydrogens (tertiary/aromatic N) is 3. The van der Waals surface area contributed by atoms with Crippen molar-refractivity contribution in [2.45, 2.75) is 19.4 Å². The molecule has 5 rings (SSSR count). The molecule has 28 heavy (non-hydrogen) atoms. The van der Waals surface area contributed by atoms with E-state index in [1.54, 1.807) is 23.5 Å². The molecule has 0 atom stereocenters. The fraction of sp³-hybridized carbons (Fsp3) is 0.238. The van der Waals surface area contributed by atoms with Crippen molar-refractivity contribution in [1.29, 1.82) is 0 Å². The summed E-state index contributed by atoms with van der Waals surface area (Å²) in [6.45, 7) is 3.27. The first-order valence-corrected chi connectivity index (χ1v) is 10.2. The minimum atomic E-state index is 0.184. The maximum Gasteiger partial charge on any atom is 0.151 e. The van der Waals surface area contributed by atoms with Crippen molar-refractivity contribution in [2.75, 3.05) is 18.4 Å². The lowest BCUT2D eigenvalue weighted by Crippen LogP contribution is -2.17. The highest BCUT2D eigenvalue weighted by Gasteiger charge is 2.16. The Kier molecular flexibility index (Phi) is 4.46. The first-order valence-electron chi connectivity index (χ1n) is 9.36. The van der Waals surface area contributed by atoms with Crippen LogP contribution in [0.25, 0.3) is 20.9 Å². The Morgan fingerprint density at radius 3 is 2.86 bits per heavy atom. The molecule has 4 aromatic rings. The summed E-state index contributed by atoms with van der Waals surface area (Å²) in [5.74, 6) is 1.71. The number of thiophene rings is 1. The van der Waals surface area contributed by atoms with Gasteiger partial charge >= 0.3 is 0 Å². The van der Waals surface area contributed by atoms with Crippen LogP contribution in [0.2, 0.25) is 0 Å². The monoisotopic (exact) mass is 392 g/mol. The minimum Gasteiger partial charge on any atom is -0.506 e. The fourth-order valence-electron chi connectivity index (χ4n) is 3.56. The molecule has 2 N–H and O–H groups in total. The number of benzene rings is 1. The molecule has 6 nitrogen and oxygen atoms in total. The van der Waals surface area contributed by atoms with Gasteiger partial charge in [-0.25, -0.2) is 9.97 Å². The molecule has 1 aliphatic rings. The average Bonchev–Trinajstić information content (AvgIpc) is 3.44. The Hall–Kier alpha value is -2.90. The van der Waals surface area contributed by atoms with Crippen LogP contribution in [0.3, 0.4) is 0 Å². The van der Waals surface area contributed by atoms with Crippen LogP contribution in [0.1, 0.15) is 18.4 Å². The SMILES string of the molecule is Oc1ccccc1Nc1ncnc2cc(-c3cc(CN4CCCC4)co3)sc12. The number of furan rings is 1. The predicted molar refractivity (Wildman–Crippen MR) is 111 cm³/mol. The third kappa shape index (κ3) is 3.34. The van der Waals surface area contributed by atoms with Gasteiger partial charge in [0.05, 0.1) is 27.0 Å². The van der Waals surface area contributed by atoms with Gasteiger partial charge in [-0.15, -0.1) is 11.3 Å². The van der Waals surface area contributed by atoms with Gasteiger partial charge in [0.1, 0.15) is 17.8 Å². The number of phenols is 1. The molecule has 7 heteroatoms. The molecule has 4 heterocycles. The van der Waals surface area contributed by atoms with Crippen LogP contribution in [-0.4, -0.2) is 33.1 Å². The average molecular weight is 392 g/mol. The third-order valence-corrected chi connectivity index (χ3v) is 6.12. The summed E-state index contributed by atoms with van der Waals surface area (Å²) in [6, 6.07) is 11.3. The molecule has 0 radical (unpaired) electrons. The predicted octanol–water partition coefficient (Wildman–Crippen LogP) is 5.00. The Labute approximate surface area is 166 Å². The van der Waals surface area contributed by atoms with E-state index in [1.807, 2.05) is 24.5 Å². The number of likely N-dealkylation sites (tertiary alicyclic amines) is 1. The highest BCUT2D eigenvalue weighted by Crippen LogP contribution is 2.38. The largest absolute Gasteiger partial charge is 0.506 e. The zero-order valence-electron chi connectivity index (χ0n) is 15.3. The number of nitrogens with one attached hydrogen (secondary N) is 1. The van der Waals surface area contributed by atoms with Gasteiger partial charge in [0.15, 0.2) is 5.82 Å². The quantitative estimate of drug-likeness (QED) is 0.466. The van der Waals surface area contributed by atoms with Gasteiger partial charge in [-0.05, 0) is 50.2 Å². The number of para-hydroxylation sites is 2. The molecule has 142 valence electrons. The molecule has 1 saturated heterocycles. The van der Waals surface area contributed by atoms with E-state index < -0.39 is 0 Å². The second kappa shape index (κ2) is 7.26. The Morgan fingerprint density at radius 1 is 1.14 bits per heavy atom. The number of aromatic nitrogens is 2. The molecular weight excluding hydrogens is 372 g/mol. The van der Waals surface area contributed by atoms with E-state index >= 15 is 0 Å². The summed E-state index contributed by atoms with van der Waals surface area (Å²) < 4.78 is 6.77. The summed E-state index contributed by atoms with van der Waals surface area (Å²) in [7, 11) is 0. The first-order chi connectivity index (χ1) is 13.8. The van der Waals surface area contributed by atoms with E-state index in [-0.39, 0.29) is 5.75 Å². The van der Waals surface area contributed by atoms with Gasteiger partial charge in [0, 0.05) is 12.1 Å². The smallest absolute Gasteiger partial charge is 0.151 e. The molecule has 0 spiro atoms. The van der Waals surface area contributed by atoms with Gasteiger partial charge in [-0.2, -0.15) is 0 Å². The number of hydrogen-bond acceptors (Lipinski definition) is 7. The maximum absolute atomic E-state index is 10.0. The zero-order chi connectivity index (χ0) is 18.9. The molecule has 1 aromatic carbocycles. The molecule has 3 aromatic heterocycles. The van der Waals surface area contributed by atoms with Crippen molar-refractivity contribution in [3.63, 3.8) is 0 Å². The van der Waals surface area contributed by atoms with Crippen LogP contribution < -0.4 is 5.32 Å². The Balaban J connectivity index is 1.44. The Bertz CT molecular complexity index is 1110. The topological polar surface area (TPSA) is 74.4 Å². The summed E-state index contributed by atoms with van der Waals surface area (Å²) in [6.07, 6.45) is 5.95. The summed E-state index contributed by atoms with van der Waals surface area (Å²) in [5, 5.41) is 13.2. The van der Waals surface area contributed by atoms with Crippen LogP contribution in [0, 0.1) is 0 Å². The van der Waals surface area contributed by atoms with Crippen molar-refractivity contribution in [3.05, 3.63) is 54.6 Å². The molecule has 0 unspecified atom stereocenters. The van der Waals surface area contributed by atoms with Crippen molar-refractivity contribution in [1.82, 2.24) is 14.9 Å². The van der Waals surface area contributed by atoms with Crippen molar-refractivity contribution < 1.29 is 9.52 Å². The first kappa shape index (κ1) is 17.2. The highest BCUT2D eigenvalue weighted by atomic mass is 32.1. The zero-order valence-corrected chi connectivity index (χ0v) is 16.1. The summed E-state index contributed by atoms with van der Waals surface area (Å²) >= 11 is 1.58. The molecule has 0 bridgehead atoms. The van der Waals surface area contributed by atoms with E-state index in [9.17, 15) is 5.11 Å². The lowest BCUT2D eigenvalue weighted by molar-refractivity contribution is 0.330. The van der Waals surface area contributed by atoms with E-state index in [4.69, 9.17) is 4.42 Å². The van der Waals surface area contributed by atoms with Gasteiger partial charge in [-0.3, -0.25) is 4.90 Å². The number of aromatic hydroxyl groups is 1. The standard InChI is InChI=1S/C21H20N4O2S/c26-17-6-2-1-5-15(17)24-21-20-16(22-13-23-21)10-19(28-20)18-9-14(12-27-18)11-25-7-3-4-8-25/h1-2,5-6,9-10,12-13,26H,3-4,7-8,11H2,(H,22,23,24). The van der Waals surface area contributed by atoms with Gasteiger partial charge in [0.25, 0.3) is 0 Å². The second-order valence-corrected chi connectivity index (χ2v) is 8.04. The van der Waals surface area contributed by atoms with Gasteiger partial charge < -0.3 is 14.8 Å². The number of hydrogen-bond donors (Lipinski definition) is 2. The number of anilines is 2. The van der Waals surface area contributed by atoms with Gasteiger partial charge in [0.2, 0.25) is 0 Å². The van der Waals surface area contributed by atoms with E-state index in [0.29, 0.717) is 11.5 Å².